The number of hydrogen-bond donors (Lipinski definition) is 3. The van der Waals surface area contributed by atoms with E-state index in [2.05, 4.69) is 15.3 Å². The predicted octanol–water partition coefficient (Wildman–Crippen LogP) is 2.59. The summed E-state index contributed by atoms with van der Waals surface area (Å²) in [5.41, 5.74) is 2.64. The summed E-state index contributed by atoms with van der Waals surface area (Å²) in [4.78, 5) is 31.3. The molecule has 2 fully saturated rings. The average molecular weight is 393 g/mol. The van der Waals surface area contributed by atoms with Gasteiger partial charge < -0.3 is 20.2 Å². The zero-order valence-corrected chi connectivity index (χ0v) is 16.4. The van der Waals surface area contributed by atoms with E-state index >= 15 is 0 Å². The summed E-state index contributed by atoms with van der Waals surface area (Å²) in [6.45, 7) is 2.94. The molecule has 0 unspecified atom stereocenters. The number of aromatic amines is 2. The smallest absolute Gasteiger partial charge is 0.323 e. The lowest BCUT2D eigenvalue weighted by Crippen LogP contribution is -2.45. The quantitative estimate of drug-likeness (QED) is 0.677. The number of amides is 1. The monoisotopic (exact) mass is 392 g/mol. The Kier molecular flexibility index (Phi) is 6.60. The Balaban J connectivity index is 0.00000210. The van der Waals surface area contributed by atoms with E-state index in [1.165, 1.54) is 12.8 Å². The van der Waals surface area contributed by atoms with Crippen molar-refractivity contribution in [3.8, 4) is 0 Å². The number of piperidine rings is 1. The molecule has 4 rings (SSSR count). The predicted molar refractivity (Wildman–Crippen MR) is 109 cm³/mol. The summed E-state index contributed by atoms with van der Waals surface area (Å²) in [5.74, 6) is 1.19. The summed E-state index contributed by atoms with van der Waals surface area (Å²) in [6.07, 6.45) is 7.23. The van der Waals surface area contributed by atoms with Gasteiger partial charge in [0.05, 0.1) is 11.0 Å². The van der Waals surface area contributed by atoms with Crippen LogP contribution in [0.4, 0.5) is 0 Å². The average Bonchev–Trinajstić information content (AvgIpc) is 3.40. The van der Waals surface area contributed by atoms with Crippen molar-refractivity contribution in [1.82, 2.24) is 20.2 Å². The first-order chi connectivity index (χ1) is 12.7. The molecule has 0 spiro atoms. The zero-order chi connectivity index (χ0) is 17.9. The van der Waals surface area contributed by atoms with Crippen molar-refractivity contribution in [3.63, 3.8) is 0 Å². The second-order valence-electron chi connectivity index (χ2n) is 7.82. The summed E-state index contributed by atoms with van der Waals surface area (Å²) in [7, 11) is 0. The number of fused-ring (bicyclic) bond motifs is 1. The van der Waals surface area contributed by atoms with Crippen LogP contribution in [0.2, 0.25) is 0 Å². The Morgan fingerprint density at radius 1 is 1.11 bits per heavy atom. The van der Waals surface area contributed by atoms with Gasteiger partial charge in [0.25, 0.3) is 0 Å². The van der Waals surface area contributed by atoms with Gasteiger partial charge in [-0.1, -0.05) is 6.07 Å². The van der Waals surface area contributed by atoms with Crippen molar-refractivity contribution in [2.45, 2.75) is 51.0 Å². The van der Waals surface area contributed by atoms with Crippen LogP contribution in [0.25, 0.3) is 11.0 Å². The van der Waals surface area contributed by atoms with E-state index in [9.17, 15) is 9.59 Å². The number of likely N-dealkylation sites (tertiary alicyclic amines) is 1. The van der Waals surface area contributed by atoms with E-state index in [4.69, 9.17) is 0 Å². The van der Waals surface area contributed by atoms with Gasteiger partial charge >= 0.3 is 5.69 Å². The van der Waals surface area contributed by atoms with E-state index < -0.39 is 0 Å². The van der Waals surface area contributed by atoms with Crippen molar-refractivity contribution < 1.29 is 4.79 Å². The van der Waals surface area contributed by atoms with E-state index in [-0.39, 0.29) is 24.0 Å². The Hall–Kier alpha value is -1.79. The number of halogens is 1. The lowest BCUT2D eigenvalue weighted by atomic mass is 10.0. The molecule has 2 aromatic rings. The van der Waals surface area contributed by atoms with Crippen LogP contribution in [-0.4, -0.2) is 46.5 Å². The van der Waals surface area contributed by atoms with Gasteiger partial charge in [-0.3, -0.25) is 4.79 Å². The highest BCUT2D eigenvalue weighted by molar-refractivity contribution is 5.85. The normalized spacial score (nSPS) is 17.9. The number of carbonyl (C=O) groups is 1. The molecule has 1 aliphatic heterocycles. The highest BCUT2D eigenvalue weighted by Crippen LogP contribution is 2.28. The molecule has 148 valence electrons. The maximum atomic E-state index is 12.4. The molecule has 2 aliphatic rings. The minimum Gasteiger partial charge on any atom is -0.343 e. The van der Waals surface area contributed by atoms with Gasteiger partial charge in [-0.25, -0.2) is 4.79 Å². The molecule has 7 heteroatoms. The number of rotatable bonds is 7. The van der Waals surface area contributed by atoms with Gasteiger partial charge in [0, 0.05) is 25.6 Å². The summed E-state index contributed by atoms with van der Waals surface area (Å²) < 4.78 is 0. The maximum Gasteiger partial charge on any atom is 0.323 e. The first-order valence-electron chi connectivity index (χ1n) is 9.89. The molecule has 6 nitrogen and oxygen atoms in total. The molecule has 1 saturated heterocycles. The molecule has 3 N–H and O–H groups in total. The number of benzene rings is 1. The Bertz CT molecular complexity index is 819. The van der Waals surface area contributed by atoms with Crippen LogP contribution in [0.15, 0.2) is 23.0 Å². The van der Waals surface area contributed by atoms with Gasteiger partial charge in [0.15, 0.2) is 0 Å². The largest absolute Gasteiger partial charge is 0.343 e. The third-order valence-electron chi connectivity index (χ3n) is 5.68. The van der Waals surface area contributed by atoms with Gasteiger partial charge in [-0.15, -0.1) is 12.4 Å². The van der Waals surface area contributed by atoms with Gasteiger partial charge in [-0.2, -0.15) is 0 Å². The molecule has 2 heterocycles. The first kappa shape index (κ1) is 20.0. The van der Waals surface area contributed by atoms with Crippen LogP contribution in [0, 0.1) is 5.92 Å². The van der Waals surface area contributed by atoms with E-state index in [1.807, 2.05) is 23.1 Å². The zero-order valence-electron chi connectivity index (χ0n) is 15.6. The van der Waals surface area contributed by atoms with Crippen LogP contribution < -0.4 is 11.0 Å². The Labute approximate surface area is 165 Å². The molecule has 0 atom stereocenters. The number of nitrogens with zero attached hydrogens (tertiary/aromatic N) is 1. The molecular weight excluding hydrogens is 364 g/mol. The number of nitrogens with one attached hydrogen (secondary N) is 3. The Morgan fingerprint density at radius 2 is 1.85 bits per heavy atom. The highest BCUT2D eigenvalue weighted by atomic mass is 35.5. The minimum absolute atomic E-state index is 0. The summed E-state index contributed by atoms with van der Waals surface area (Å²) >= 11 is 0. The fourth-order valence-electron chi connectivity index (χ4n) is 3.83. The molecule has 27 heavy (non-hydrogen) atoms. The number of aromatic nitrogens is 2. The number of carbonyl (C=O) groups excluding carboxylic acids is 1. The lowest BCUT2D eigenvalue weighted by Gasteiger charge is -2.32. The van der Waals surface area contributed by atoms with Crippen LogP contribution in [0.1, 0.15) is 44.1 Å². The van der Waals surface area contributed by atoms with Crippen molar-refractivity contribution in [1.29, 1.82) is 0 Å². The number of aryl methyl sites for hydroxylation is 1. The molecule has 1 aliphatic carbocycles. The lowest BCUT2D eigenvalue weighted by molar-refractivity contribution is -0.132. The van der Waals surface area contributed by atoms with Crippen LogP contribution in [-0.2, 0) is 11.2 Å². The Morgan fingerprint density at radius 3 is 2.59 bits per heavy atom. The molecular formula is C20H29ClN4O2. The van der Waals surface area contributed by atoms with Crippen LogP contribution >= 0.6 is 12.4 Å². The van der Waals surface area contributed by atoms with Gasteiger partial charge in [0.2, 0.25) is 5.91 Å². The van der Waals surface area contributed by atoms with Crippen molar-refractivity contribution in [2.24, 2.45) is 5.92 Å². The van der Waals surface area contributed by atoms with E-state index in [1.54, 1.807) is 0 Å². The van der Waals surface area contributed by atoms with Crippen LogP contribution in [0.3, 0.4) is 0 Å². The van der Waals surface area contributed by atoms with Crippen molar-refractivity contribution in [3.05, 3.63) is 34.2 Å². The third kappa shape index (κ3) is 5.36. The highest BCUT2D eigenvalue weighted by Gasteiger charge is 2.25. The second-order valence-corrected chi connectivity index (χ2v) is 7.82. The molecule has 1 aromatic heterocycles. The topological polar surface area (TPSA) is 81.0 Å². The number of hydrogen-bond acceptors (Lipinski definition) is 3. The summed E-state index contributed by atoms with van der Waals surface area (Å²) in [6, 6.07) is 6.53. The fourth-order valence-corrected chi connectivity index (χ4v) is 3.83. The van der Waals surface area contributed by atoms with E-state index in [0.29, 0.717) is 12.5 Å². The van der Waals surface area contributed by atoms with Crippen LogP contribution in [0.5, 0.6) is 0 Å². The van der Waals surface area contributed by atoms with Gasteiger partial charge in [0.1, 0.15) is 0 Å². The number of imidazole rings is 1. The van der Waals surface area contributed by atoms with E-state index in [0.717, 1.165) is 67.8 Å². The minimum atomic E-state index is -0.178. The second kappa shape index (κ2) is 8.93. The first-order valence-corrected chi connectivity index (χ1v) is 9.89. The van der Waals surface area contributed by atoms with Crippen molar-refractivity contribution >= 4 is 29.3 Å². The number of H-pyrrole nitrogens is 2. The maximum absolute atomic E-state index is 12.4. The fraction of sp³-hybridized carbons (Fsp3) is 0.600. The molecule has 1 saturated carbocycles. The molecule has 0 radical (unpaired) electrons. The summed E-state index contributed by atoms with van der Waals surface area (Å²) in [5, 5.41) is 3.66. The third-order valence-corrected chi connectivity index (χ3v) is 5.68. The molecule has 1 aromatic carbocycles. The van der Waals surface area contributed by atoms with Crippen molar-refractivity contribution in [2.75, 3.05) is 19.6 Å². The SMILES string of the molecule is Cl.O=C(CCCc1ccc2[nH]c(=O)[nH]c2c1)N1CCC(NCC2CC2)CC1. The van der Waals surface area contributed by atoms with Gasteiger partial charge in [-0.05, 0) is 68.7 Å². The molecule has 0 bridgehead atoms. The standard InChI is InChI=1S/C20H28N4O2.ClH/c25-19(24-10-8-16(9-11-24)21-13-15-4-5-15)3-1-2-14-6-7-17-18(12-14)23-20(26)22-17;/h6-7,12,15-16,21H,1-5,8-11,13H2,(H2,22,23,26);1H. The molecule has 1 amide bonds.